The fourth-order valence-electron chi connectivity index (χ4n) is 3.97. The first-order valence-electron chi connectivity index (χ1n) is 9.76. The van der Waals surface area contributed by atoms with Gasteiger partial charge in [-0.05, 0) is 37.5 Å². The number of carbonyl (C=O) groups excluding carboxylic acids is 2. The zero-order valence-corrected chi connectivity index (χ0v) is 16.5. The Morgan fingerprint density at radius 3 is 2.86 bits per heavy atom. The summed E-state index contributed by atoms with van der Waals surface area (Å²) in [6.45, 7) is 1.06. The summed E-state index contributed by atoms with van der Waals surface area (Å²) in [7, 11) is 0. The molecular weight excluding hydrogens is 392 g/mol. The molecule has 150 valence electrons. The number of nitrogens with zero attached hydrogens (tertiary/aromatic N) is 1. The number of hydrogen-bond donors (Lipinski definition) is 1. The van der Waals surface area contributed by atoms with E-state index in [1.54, 1.807) is 0 Å². The van der Waals surface area contributed by atoms with E-state index in [1.807, 2.05) is 23.6 Å². The van der Waals surface area contributed by atoms with Crippen molar-refractivity contribution in [3.63, 3.8) is 0 Å². The third-order valence-corrected chi connectivity index (χ3v) is 6.23. The largest absolute Gasteiger partial charge is 0.496 e. The molecule has 3 aliphatic rings. The number of nitrogens with one attached hydrogen (secondary N) is 1. The number of thiazole rings is 1. The molecule has 0 bridgehead atoms. The number of ketones is 1. The Morgan fingerprint density at radius 1 is 1.14 bits per heavy atom. The van der Waals surface area contributed by atoms with E-state index in [9.17, 15) is 9.59 Å². The van der Waals surface area contributed by atoms with E-state index >= 15 is 0 Å². The van der Waals surface area contributed by atoms with Crippen LogP contribution < -0.4 is 14.8 Å². The minimum Gasteiger partial charge on any atom is -0.496 e. The lowest BCUT2D eigenvalue weighted by Crippen LogP contribution is -2.39. The number of carbonyl (C=O) groups is 2. The first-order chi connectivity index (χ1) is 14.2. The normalized spacial score (nSPS) is 22.9. The van der Waals surface area contributed by atoms with Crippen molar-refractivity contribution in [2.75, 3.05) is 18.5 Å². The molecule has 1 saturated carbocycles. The quantitative estimate of drug-likeness (QED) is 0.776. The van der Waals surface area contributed by atoms with E-state index in [0.717, 1.165) is 36.9 Å². The molecular formula is C21H20N2O5S. The molecule has 5 rings (SSSR count). The number of hydrogen-bond acceptors (Lipinski definition) is 7. The second-order valence-electron chi connectivity index (χ2n) is 7.31. The Morgan fingerprint density at radius 2 is 1.97 bits per heavy atom. The molecule has 0 saturated heterocycles. The van der Waals surface area contributed by atoms with Gasteiger partial charge in [0.2, 0.25) is 0 Å². The molecule has 1 fully saturated rings. The highest BCUT2D eigenvalue weighted by Gasteiger charge is 2.39. The lowest BCUT2D eigenvalue weighted by molar-refractivity contribution is -0.129. The topological polar surface area (TPSA) is 86.8 Å². The fraction of sp³-hybridized carbons (Fsp3) is 0.381. The average molecular weight is 412 g/mol. The third-order valence-electron chi connectivity index (χ3n) is 5.47. The SMILES string of the molecule is O=C(Nc1nc(-c2ccc3c(c2)OCCO3)cs1)C1=COC2CCCCC2C1=O. The Labute approximate surface area is 171 Å². The number of amides is 1. The van der Waals surface area contributed by atoms with Crippen LogP contribution >= 0.6 is 11.3 Å². The van der Waals surface area contributed by atoms with Crippen molar-refractivity contribution in [3.8, 4) is 22.8 Å². The van der Waals surface area contributed by atoms with Crippen molar-refractivity contribution in [1.29, 1.82) is 0 Å². The Balaban J connectivity index is 1.31. The van der Waals surface area contributed by atoms with Gasteiger partial charge in [-0.2, -0.15) is 0 Å². The average Bonchev–Trinajstić information content (AvgIpc) is 3.22. The number of aromatic nitrogens is 1. The predicted molar refractivity (Wildman–Crippen MR) is 107 cm³/mol. The summed E-state index contributed by atoms with van der Waals surface area (Å²) in [6.07, 6.45) is 4.93. The molecule has 3 heterocycles. The summed E-state index contributed by atoms with van der Waals surface area (Å²) in [5, 5.41) is 5.02. The van der Waals surface area contributed by atoms with E-state index in [1.165, 1.54) is 17.6 Å². The van der Waals surface area contributed by atoms with Gasteiger partial charge in [0.25, 0.3) is 5.91 Å². The molecule has 2 aliphatic heterocycles. The molecule has 1 aromatic heterocycles. The van der Waals surface area contributed by atoms with Gasteiger partial charge in [0.05, 0.1) is 17.9 Å². The summed E-state index contributed by atoms with van der Waals surface area (Å²) < 4.78 is 16.8. The maximum atomic E-state index is 12.7. The molecule has 7 nitrogen and oxygen atoms in total. The van der Waals surface area contributed by atoms with Gasteiger partial charge in [-0.15, -0.1) is 11.3 Å². The summed E-state index contributed by atoms with van der Waals surface area (Å²) in [4.78, 5) is 29.8. The molecule has 0 radical (unpaired) electrons. The van der Waals surface area contributed by atoms with Gasteiger partial charge in [0, 0.05) is 10.9 Å². The summed E-state index contributed by atoms with van der Waals surface area (Å²) in [6, 6.07) is 5.63. The van der Waals surface area contributed by atoms with E-state index in [-0.39, 0.29) is 23.4 Å². The van der Waals surface area contributed by atoms with Gasteiger partial charge in [0.15, 0.2) is 22.4 Å². The Kier molecular flexibility index (Phi) is 4.71. The van der Waals surface area contributed by atoms with Gasteiger partial charge < -0.3 is 14.2 Å². The van der Waals surface area contributed by atoms with Gasteiger partial charge in [-0.1, -0.05) is 6.42 Å². The van der Waals surface area contributed by atoms with Crippen LogP contribution in [0.3, 0.4) is 0 Å². The zero-order valence-electron chi connectivity index (χ0n) is 15.7. The van der Waals surface area contributed by atoms with E-state index in [0.29, 0.717) is 29.8 Å². The third kappa shape index (κ3) is 3.48. The van der Waals surface area contributed by atoms with Gasteiger partial charge >= 0.3 is 0 Å². The minimum absolute atomic E-state index is 0.0734. The molecule has 1 N–H and O–H groups in total. The monoisotopic (exact) mass is 412 g/mol. The van der Waals surface area contributed by atoms with E-state index < -0.39 is 5.91 Å². The molecule has 1 amide bonds. The van der Waals surface area contributed by atoms with Gasteiger partial charge in [0.1, 0.15) is 24.9 Å². The summed E-state index contributed by atoms with van der Waals surface area (Å²) in [5.74, 6) is 0.597. The number of Topliss-reactive ketones (excluding diaryl/α,β-unsaturated/α-hetero) is 1. The number of rotatable bonds is 3. The van der Waals surface area contributed by atoms with E-state index in [2.05, 4.69) is 10.3 Å². The molecule has 2 atom stereocenters. The molecule has 2 aromatic rings. The first-order valence-corrected chi connectivity index (χ1v) is 10.6. The molecule has 8 heteroatoms. The molecule has 0 spiro atoms. The number of anilines is 1. The lowest BCUT2D eigenvalue weighted by atomic mass is 9.80. The first kappa shape index (κ1) is 18.2. The maximum absolute atomic E-state index is 12.7. The van der Waals surface area contributed by atoms with Crippen molar-refractivity contribution >= 4 is 28.2 Å². The molecule has 1 aromatic carbocycles. The second kappa shape index (κ2) is 7.51. The highest BCUT2D eigenvalue weighted by atomic mass is 32.1. The van der Waals surface area contributed by atoms with Crippen LogP contribution in [-0.2, 0) is 14.3 Å². The molecule has 29 heavy (non-hydrogen) atoms. The van der Waals surface area contributed by atoms with Crippen molar-refractivity contribution in [1.82, 2.24) is 4.98 Å². The molecule has 1 aliphatic carbocycles. The number of benzene rings is 1. The van der Waals surface area contributed by atoms with Crippen LogP contribution in [-0.4, -0.2) is 36.0 Å². The van der Waals surface area contributed by atoms with Crippen molar-refractivity contribution in [3.05, 3.63) is 35.4 Å². The Bertz CT molecular complexity index is 999. The standard InChI is InChI=1S/C21H20N2O5S/c24-19-13-3-1-2-4-16(13)28-10-14(19)20(25)23-21-22-15(11-29-21)12-5-6-17-18(9-12)27-8-7-26-17/h5-6,9-11,13,16H,1-4,7-8H2,(H,22,23,25). The van der Waals surface area contributed by atoms with Crippen LogP contribution in [0.15, 0.2) is 35.4 Å². The van der Waals surface area contributed by atoms with E-state index in [4.69, 9.17) is 14.2 Å². The van der Waals surface area contributed by atoms with Crippen LogP contribution in [0.4, 0.5) is 5.13 Å². The molecule has 2 unspecified atom stereocenters. The predicted octanol–water partition coefficient (Wildman–Crippen LogP) is 3.56. The number of fused-ring (bicyclic) bond motifs is 2. The van der Waals surface area contributed by atoms with Crippen molar-refractivity contribution < 1.29 is 23.8 Å². The van der Waals surface area contributed by atoms with Crippen molar-refractivity contribution in [2.45, 2.75) is 31.8 Å². The van der Waals surface area contributed by atoms with Crippen LogP contribution in [0.1, 0.15) is 25.7 Å². The second-order valence-corrected chi connectivity index (χ2v) is 8.17. The highest BCUT2D eigenvalue weighted by Crippen LogP contribution is 2.36. The van der Waals surface area contributed by atoms with Crippen LogP contribution in [0.2, 0.25) is 0 Å². The van der Waals surface area contributed by atoms with Crippen LogP contribution in [0, 0.1) is 5.92 Å². The minimum atomic E-state index is -0.470. The lowest BCUT2D eigenvalue weighted by Gasteiger charge is -2.33. The maximum Gasteiger partial charge on any atom is 0.264 e. The number of ether oxygens (including phenoxy) is 3. The van der Waals surface area contributed by atoms with Crippen LogP contribution in [0.25, 0.3) is 11.3 Å². The highest BCUT2D eigenvalue weighted by molar-refractivity contribution is 7.14. The Hall–Kier alpha value is -2.87. The smallest absolute Gasteiger partial charge is 0.264 e. The summed E-state index contributed by atoms with van der Waals surface area (Å²) >= 11 is 1.30. The van der Waals surface area contributed by atoms with Crippen LogP contribution in [0.5, 0.6) is 11.5 Å². The van der Waals surface area contributed by atoms with Gasteiger partial charge in [-0.3, -0.25) is 14.9 Å². The van der Waals surface area contributed by atoms with Crippen molar-refractivity contribution in [2.24, 2.45) is 5.92 Å². The van der Waals surface area contributed by atoms with Gasteiger partial charge in [-0.25, -0.2) is 4.98 Å². The summed E-state index contributed by atoms with van der Waals surface area (Å²) in [5.41, 5.74) is 1.66. The fourth-order valence-corrected chi connectivity index (χ4v) is 4.68. The zero-order chi connectivity index (χ0) is 19.8.